The Morgan fingerprint density at radius 1 is 1.29 bits per heavy atom. The molecule has 2 aromatic rings. The Labute approximate surface area is 96.0 Å². The van der Waals surface area contributed by atoms with E-state index in [0.29, 0.717) is 11.5 Å². The van der Waals surface area contributed by atoms with Gasteiger partial charge < -0.3 is 15.0 Å². The van der Waals surface area contributed by atoms with Crippen LogP contribution in [0.15, 0.2) is 28.8 Å². The summed E-state index contributed by atoms with van der Waals surface area (Å²) in [6.45, 7) is 0.268. The second-order valence-electron chi connectivity index (χ2n) is 3.35. The third-order valence-electron chi connectivity index (χ3n) is 2.08. The van der Waals surface area contributed by atoms with E-state index in [1.165, 1.54) is 6.07 Å². The fourth-order valence-electron chi connectivity index (χ4n) is 1.26. The molecule has 1 aromatic carbocycles. The lowest BCUT2D eigenvalue weighted by Crippen LogP contribution is -1.97. The molecule has 1 aromatic heterocycles. The Bertz CT molecular complexity index is 514. The molecular formula is C11H10F2N2O2. The lowest BCUT2D eigenvalue weighted by molar-refractivity contribution is 0.239. The van der Waals surface area contributed by atoms with Gasteiger partial charge >= 0.3 is 0 Å². The van der Waals surface area contributed by atoms with Crippen molar-refractivity contribution in [3.05, 3.63) is 47.4 Å². The van der Waals surface area contributed by atoms with Crippen LogP contribution in [0.25, 0.3) is 0 Å². The highest BCUT2D eigenvalue weighted by Crippen LogP contribution is 2.19. The first-order valence-electron chi connectivity index (χ1n) is 4.91. The van der Waals surface area contributed by atoms with Crippen LogP contribution >= 0.6 is 0 Å². The summed E-state index contributed by atoms with van der Waals surface area (Å²) in [6.07, 6.45) is 0. The molecule has 0 atom stereocenters. The van der Waals surface area contributed by atoms with Crippen molar-refractivity contribution in [3.8, 4) is 5.75 Å². The first kappa shape index (κ1) is 11.5. The predicted molar refractivity (Wildman–Crippen MR) is 55.1 cm³/mol. The molecule has 4 nitrogen and oxygen atoms in total. The second-order valence-corrected chi connectivity index (χ2v) is 3.35. The predicted octanol–water partition coefficient (Wildman–Crippen LogP) is 1.99. The largest absolute Gasteiger partial charge is 0.482 e. The summed E-state index contributed by atoms with van der Waals surface area (Å²) in [5, 5.41) is 3.65. The minimum atomic E-state index is -0.761. The van der Waals surface area contributed by atoms with Gasteiger partial charge in [-0.15, -0.1) is 0 Å². The monoisotopic (exact) mass is 240 g/mol. The van der Waals surface area contributed by atoms with E-state index < -0.39 is 11.6 Å². The Hall–Kier alpha value is -1.95. The lowest BCUT2D eigenvalue weighted by Gasteiger charge is -2.04. The smallest absolute Gasteiger partial charge is 0.174 e. The summed E-state index contributed by atoms with van der Waals surface area (Å²) in [5.74, 6) is -1.03. The van der Waals surface area contributed by atoms with Gasteiger partial charge in [-0.1, -0.05) is 5.16 Å². The number of halogens is 2. The lowest BCUT2D eigenvalue weighted by atomic mass is 10.3. The van der Waals surface area contributed by atoms with E-state index in [2.05, 4.69) is 5.16 Å². The van der Waals surface area contributed by atoms with E-state index >= 15 is 0 Å². The Balaban J connectivity index is 2.02. The third-order valence-corrected chi connectivity index (χ3v) is 2.08. The highest BCUT2D eigenvalue weighted by atomic mass is 19.1. The van der Waals surface area contributed by atoms with Crippen molar-refractivity contribution in [3.63, 3.8) is 0 Å². The summed E-state index contributed by atoms with van der Waals surface area (Å²) in [4.78, 5) is 0. The van der Waals surface area contributed by atoms with E-state index in [9.17, 15) is 8.78 Å². The molecule has 0 aliphatic carbocycles. The van der Waals surface area contributed by atoms with Crippen LogP contribution in [0.2, 0.25) is 0 Å². The van der Waals surface area contributed by atoms with Gasteiger partial charge in [0.05, 0.1) is 5.69 Å². The average Bonchev–Trinajstić information content (AvgIpc) is 2.76. The SMILES string of the molecule is NCc1cc(COc2ccc(F)cc2F)on1. The summed E-state index contributed by atoms with van der Waals surface area (Å²) >= 11 is 0. The van der Waals surface area contributed by atoms with Crippen LogP contribution in [0.3, 0.4) is 0 Å². The molecule has 0 saturated carbocycles. The highest BCUT2D eigenvalue weighted by molar-refractivity contribution is 5.24. The second kappa shape index (κ2) is 4.92. The van der Waals surface area contributed by atoms with Gasteiger partial charge in [0.15, 0.2) is 17.3 Å². The van der Waals surface area contributed by atoms with Crippen LogP contribution in [0.1, 0.15) is 11.5 Å². The number of nitrogens with zero attached hydrogens (tertiary/aromatic N) is 1. The molecular weight excluding hydrogens is 230 g/mol. The molecule has 2 N–H and O–H groups in total. The van der Waals surface area contributed by atoms with E-state index in [1.807, 2.05) is 0 Å². The Morgan fingerprint density at radius 3 is 2.76 bits per heavy atom. The topological polar surface area (TPSA) is 61.3 Å². The van der Waals surface area contributed by atoms with Crippen molar-refractivity contribution in [1.29, 1.82) is 0 Å². The molecule has 0 unspecified atom stereocenters. The van der Waals surface area contributed by atoms with Gasteiger partial charge in [0.25, 0.3) is 0 Å². The van der Waals surface area contributed by atoms with E-state index in [-0.39, 0.29) is 18.9 Å². The Morgan fingerprint density at radius 2 is 2.12 bits per heavy atom. The van der Waals surface area contributed by atoms with Crippen LogP contribution < -0.4 is 10.5 Å². The molecule has 0 saturated heterocycles. The number of rotatable bonds is 4. The van der Waals surface area contributed by atoms with Crippen LogP contribution in [0, 0.1) is 11.6 Å². The molecule has 0 radical (unpaired) electrons. The molecule has 0 aliphatic rings. The number of nitrogens with two attached hydrogens (primary N) is 1. The molecule has 2 rings (SSSR count). The third kappa shape index (κ3) is 2.79. The maximum Gasteiger partial charge on any atom is 0.174 e. The van der Waals surface area contributed by atoms with Gasteiger partial charge in [0.2, 0.25) is 0 Å². The minimum Gasteiger partial charge on any atom is -0.482 e. The number of hydrogen-bond acceptors (Lipinski definition) is 4. The minimum absolute atomic E-state index is 0.00948. The maximum absolute atomic E-state index is 13.2. The maximum atomic E-state index is 13.2. The number of aromatic nitrogens is 1. The summed E-state index contributed by atoms with van der Waals surface area (Å²) in [5.41, 5.74) is 5.93. The molecule has 0 spiro atoms. The molecule has 17 heavy (non-hydrogen) atoms. The Kier molecular flexibility index (Phi) is 3.34. The number of benzene rings is 1. The molecule has 0 aliphatic heterocycles. The average molecular weight is 240 g/mol. The van der Waals surface area contributed by atoms with Gasteiger partial charge in [-0.2, -0.15) is 0 Å². The normalized spacial score (nSPS) is 10.5. The van der Waals surface area contributed by atoms with Crippen molar-refractivity contribution in [2.45, 2.75) is 13.2 Å². The van der Waals surface area contributed by atoms with Gasteiger partial charge in [0, 0.05) is 18.7 Å². The summed E-state index contributed by atoms with van der Waals surface area (Å²) in [7, 11) is 0. The number of hydrogen-bond donors (Lipinski definition) is 1. The van der Waals surface area contributed by atoms with Crippen molar-refractivity contribution < 1.29 is 18.0 Å². The zero-order valence-electron chi connectivity index (χ0n) is 8.82. The van der Waals surface area contributed by atoms with Gasteiger partial charge in [-0.3, -0.25) is 0 Å². The zero-order valence-corrected chi connectivity index (χ0v) is 8.82. The van der Waals surface area contributed by atoms with E-state index in [1.54, 1.807) is 6.07 Å². The van der Waals surface area contributed by atoms with Gasteiger partial charge in [-0.05, 0) is 12.1 Å². The highest BCUT2D eigenvalue weighted by Gasteiger charge is 2.07. The quantitative estimate of drug-likeness (QED) is 0.887. The molecule has 1 heterocycles. The van der Waals surface area contributed by atoms with E-state index in [4.69, 9.17) is 15.0 Å². The van der Waals surface area contributed by atoms with Crippen LogP contribution in [-0.2, 0) is 13.2 Å². The van der Waals surface area contributed by atoms with Gasteiger partial charge in [-0.25, -0.2) is 8.78 Å². The van der Waals surface area contributed by atoms with Crippen LogP contribution in [0.5, 0.6) is 5.75 Å². The van der Waals surface area contributed by atoms with E-state index in [0.717, 1.165) is 12.1 Å². The molecule has 0 amide bonds. The van der Waals surface area contributed by atoms with Crippen LogP contribution in [0.4, 0.5) is 8.78 Å². The first-order valence-corrected chi connectivity index (χ1v) is 4.91. The van der Waals surface area contributed by atoms with Gasteiger partial charge in [0.1, 0.15) is 12.4 Å². The van der Waals surface area contributed by atoms with Crippen molar-refractivity contribution in [2.75, 3.05) is 0 Å². The fourth-order valence-corrected chi connectivity index (χ4v) is 1.26. The van der Waals surface area contributed by atoms with Crippen LogP contribution in [-0.4, -0.2) is 5.16 Å². The number of ether oxygens (including phenoxy) is 1. The molecule has 90 valence electrons. The standard InChI is InChI=1S/C11H10F2N2O2/c12-7-1-2-11(10(13)3-7)16-6-9-4-8(5-14)15-17-9/h1-4H,5-6,14H2. The molecule has 0 bridgehead atoms. The fraction of sp³-hybridized carbons (Fsp3) is 0.182. The van der Waals surface area contributed by atoms with Crippen molar-refractivity contribution in [2.24, 2.45) is 5.73 Å². The summed E-state index contributed by atoms with van der Waals surface area (Å²) < 4.78 is 35.8. The van der Waals surface area contributed by atoms with Crippen molar-refractivity contribution in [1.82, 2.24) is 5.16 Å². The zero-order chi connectivity index (χ0) is 12.3. The van der Waals surface area contributed by atoms with Crippen molar-refractivity contribution >= 4 is 0 Å². The molecule has 0 fully saturated rings. The summed E-state index contributed by atoms with van der Waals surface area (Å²) in [6, 6.07) is 4.69. The molecule has 6 heteroatoms. The first-order chi connectivity index (χ1) is 8.19.